The molecule has 0 radical (unpaired) electrons. The Hall–Kier alpha value is -2.63. The van der Waals surface area contributed by atoms with Crippen molar-refractivity contribution in [1.82, 2.24) is 10.3 Å². The third kappa shape index (κ3) is 3.67. The van der Waals surface area contributed by atoms with Crippen LogP contribution in [-0.4, -0.2) is 22.0 Å². The molecule has 0 saturated carbocycles. The minimum atomic E-state index is -1.02. The number of carbonyl (C=O) groups excluding carboxylic acids is 1. The zero-order valence-electron chi connectivity index (χ0n) is 10.00. The SMILES string of the molecule is O=C(Cc1ccco1)NCc1cc(C(=O)O)ccn1. The van der Waals surface area contributed by atoms with Crippen LogP contribution in [0, 0.1) is 0 Å². The van der Waals surface area contributed by atoms with Crippen LogP contribution in [0.15, 0.2) is 41.1 Å². The van der Waals surface area contributed by atoms with Gasteiger partial charge in [0.05, 0.1) is 30.5 Å². The Kier molecular flexibility index (Phi) is 3.92. The van der Waals surface area contributed by atoms with Gasteiger partial charge in [0, 0.05) is 6.20 Å². The molecule has 0 aliphatic rings. The van der Waals surface area contributed by atoms with E-state index in [1.807, 2.05) is 0 Å². The average molecular weight is 260 g/mol. The fourth-order valence-electron chi connectivity index (χ4n) is 1.53. The summed E-state index contributed by atoms with van der Waals surface area (Å²) < 4.78 is 5.05. The van der Waals surface area contributed by atoms with Crippen LogP contribution in [0.2, 0.25) is 0 Å². The first-order valence-electron chi connectivity index (χ1n) is 5.62. The van der Waals surface area contributed by atoms with Crippen molar-refractivity contribution in [1.29, 1.82) is 0 Å². The Morgan fingerprint density at radius 3 is 2.89 bits per heavy atom. The molecule has 2 heterocycles. The summed E-state index contributed by atoms with van der Waals surface area (Å²) >= 11 is 0. The summed E-state index contributed by atoms with van der Waals surface area (Å²) in [4.78, 5) is 26.4. The molecule has 0 aliphatic carbocycles. The maximum absolute atomic E-state index is 11.6. The molecule has 1 amide bonds. The summed E-state index contributed by atoms with van der Waals surface area (Å²) in [5, 5.41) is 11.5. The monoisotopic (exact) mass is 260 g/mol. The van der Waals surface area contributed by atoms with E-state index in [1.165, 1.54) is 24.6 Å². The first-order valence-corrected chi connectivity index (χ1v) is 5.62. The third-order valence-corrected chi connectivity index (χ3v) is 2.45. The Morgan fingerprint density at radius 1 is 1.37 bits per heavy atom. The van der Waals surface area contributed by atoms with Gasteiger partial charge in [-0.25, -0.2) is 4.79 Å². The molecule has 2 aromatic heterocycles. The van der Waals surface area contributed by atoms with Gasteiger partial charge in [0.2, 0.25) is 5.91 Å². The molecule has 2 N–H and O–H groups in total. The number of carboxylic acids is 1. The summed E-state index contributed by atoms with van der Waals surface area (Å²) in [5.74, 6) is -0.659. The molecule has 19 heavy (non-hydrogen) atoms. The number of aromatic carboxylic acids is 1. The van der Waals surface area contributed by atoms with Crippen molar-refractivity contribution in [2.24, 2.45) is 0 Å². The van der Waals surface area contributed by atoms with Gasteiger partial charge in [-0.3, -0.25) is 9.78 Å². The summed E-state index contributed by atoms with van der Waals surface area (Å²) in [5.41, 5.74) is 0.637. The van der Waals surface area contributed by atoms with E-state index in [4.69, 9.17) is 9.52 Å². The van der Waals surface area contributed by atoms with Crippen LogP contribution >= 0.6 is 0 Å². The Labute approximate surface area is 109 Å². The minimum absolute atomic E-state index is 0.144. The highest BCUT2D eigenvalue weighted by Gasteiger charge is 2.07. The normalized spacial score (nSPS) is 10.1. The Balaban J connectivity index is 1.89. The molecule has 0 fully saturated rings. The molecule has 0 aliphatic heterocycles. The fraction of sp³-hybridized carbons (Fsp3) is 0.154. The van der Waals surface area contributed by atoms with Crippen molar-refractivity contribution in [3.63, 3.8) is 0 Å². The van der Waals surface area contributed by atoms with Gasteiger partial charge in [0.15, 0.2) is 0 Å². The lowest BCUT2D eigenvalue weighted by Gasteiger charge is -2.04. The highest BCUT2D eigenvalue weighted by atomic mass is 16.4. The van der Waals surface area contributed by atoms with Gasteiger partial charge in [-0.1, -0.05) is 0 Å². The molecule has 6 heteroatoms. The summed E-state index contributed by atoms with van der Waals surface area (Å²) in [7, 11) is 0. The van der Waals surface area contributed by atoms with E-state index in [-0.39, 0.29) is 24.4 Å². The van der Waals surface area contributed by atoms with E-state index in [1.54, 1.807) is 12.1 Å². The maximum atomic E-state index is 11.6. The highest BCUT2D eigenvalue weighted by molar-refractivity contribution is 5.87. The van der Waals surface area contributed by atoms with Crippen molar-refractivity contribution in [3.05, 3.63) is 53.7 Å². The molecule has 0 bridgehead atoms. The number of carbonyl (C=O) groups is 2. The Bertz CT molecular complexity index is 578. The molecular formula is C13H12N2O4. The van der Waals surface area contributed by atoms with Crippen LogP contribution in [0.4, 0.5) is 0 Å². The zero-order chi connectivity index (χ0) is 13.7. The van der Waals surface area contributed by atoms with Crippen LogP contribution in [0.25, 0.3) is 0 Å². The van der Waals surface area contributed by atoms with Crippen LogP contribution in [0.5, 0.6) is 0 Å². The molecule has 2 rings (SSSR count). The second-order valence-corrected chi connectivity index (χ2v) is 3.87. The van der Waals surface area contributed by atoms with Crippen molar-refractivity contribution in [3.8, 4) is 0 Å². The first-order chi connectivity index (χ1) is 9.15. The number of pyridine rings is 1. The molecule has 6 nitrogen and oxygen atoms in total. The van der Waals surface area contributed by atoms with Crippen LogP contribution in [-0.2, 0) is 17.8 Å². The fourth-order valence-corrected chi connectivity index (χ4v) is 1.53. The van der Waals surface area contributed by atoms with Gasteiger partial charge in [0.25, 0.3) is 0 Å². The zero-order valence-corrected chi connectivity index (χ0v) is 10.00. The van der Waals surface area contributed by atoms with Crippen LogP contribution in [0.3, 0.4) is 0 Å². The quantitative estimate of drug-likeness (QED) is 0.843. The van der Waals surface area contributed by atoms with Gasteiger partial charge < -0.3 is 14.8 Å². The van der Waals surface area contributed by atoms with Gasteiger partial charge >= 0.3 is 5.97 Å². The molecule has 0 saturated heterocycles. The van der Waals surface area contributed by atoms with Crippen molar-refractivity contribution in [2.45, 2.75) is 13.0 Å². The van der Waals surface area contributed by atoms with E-state index < -0.39 is 5.97 Å². The number of hydrogen-bond acceptors (Lipinski definition) is 4. The molecule has 98 valence electrons. The molecule has 0 aromatic carbocycles. The summed E-state index contributed by atoms with van der Waals surface area (Å²) in [6, 6.07) is 6.25. The summed E-state index contributed by atoms with van der Waals surface area (Å²) in [6.07, 6.45) is 3.05. The molecule has 0 unspecified atom stereocenters. The molecule has 2 aromatic rings. The van der Waals surface area contributed by atoms with E-state index in [0.717, 1.165) is 0 Å². The number of rotatable bonds is 5. The third-order valence-electron chi connectivity index (χ3n) is 2.45. The number of furan rings is 1. The Morgan fingerprint density at radius 2 is 2.21 bits per heavy atom. The van der Waals surface area contributed by atoms with Gasteiger partial charge in [-0.05, 0) is 24.3 Å². The number of nitrogens with one attached hydrogen (secondary N) is 1. The summed E-state index contributed by atoms with van der Waals surface area (Å²) in [6.45, 7) is 0.181. The highest BCUT2D eigenvalue weighted by Crippen LogP contribution is 2.03. The van der Waals surface area contributed by atoms with E-state index in [2.05, 4.69) is 10.3 Å². The second-order valence-electron chi connectivity index (χ2n) is 3.87. The predicted molar refractivity (Wildman–Crippen MR) is 65.5 cm³/mol. The lowest BCUT2D eigenvalue weighted by atomic mass is 10.2. The second kappa shape index (κ2) is 5.81. The number of aromatic nitrogens is 1. The molecular weight excluding hydrogens is 248 g/mol. The predicted octanol–water partition coefficient (Wildman–Crippen LogP) is 1.23. The number of hydrogen-bond donors (Lipinski definition) is 2. The molecule has 0 spiro atoms. The minimum Gasteiger partial charge on any atom is -0.478 e. The van der Waals surface area contributed by atoms with Crippen LogP contribution < -0.4 is 5.32 Å². The molecule has 0 atom stereocenters. The van der Waals surface area contributed by atoms with Crippen molar-refractivity contribution < 1.29 is 19.1 Å². The maximum Gasteiger partial charge on any atom is 0.335 e. The average Bonchev–Trinajstić information content (AvgIpc) is 2.89. The van der Waals surface area contributed by atoms with Gasteiger partial charge in [-0.15, -0.1) is 0 Å². The van der Waals surface area contributed by atoms with Crippen molar-refractivity contribution in [2.75, 3.05) is 0 Å². The standard InChI is InChI=1S/C13H12N2O4/c16-12(7-11-2-1-5-19-11)15-8-10-6-9(13(17)18)3-4-14-10/h1-6H,7-8H2,(H,15,16)(H,17,18). The smallest absolute Gasteiger partial charge is 0.335 e. The lowest BCUT2D eigenvalue weighted by molar-refractivity contribution is -0.120. The van der Waals surface area contributed by atoms with Crippen LogP contribution in [0.1, 0.15) is 21.8 Å². The van der Waals surface area contributed by atoms with E-state index in [0.29, 0.717) is 11.5 Å². The van der Waals surface area contributed by atoms with E-state index >= 15 is 0 Å². The number of nitrogens with zero attached hydrogens (tertiary/aromatic N) is 1. The largest absolute Gasteiger partial charge is 0.478 e. The topological polar surface area (TPSA) is 92.4 Å². The van der Waals surface area contributed by atoms with Gasteiger partial charge in [-0.2, -0.15) is 0 Å². The number of carboxylic acid groups (broad SMARTS) is 1. The van der Waals surface area contributed by atoms with E-state index in [9.17, 15) is 9.59 Å². The number of amides is 1. The van der Waals surface area contributed by atoms with Crippen molar-refractivity contribution >= 4 is 11.9 Å². The van der Waals surface area contributed by atoms with Gasteiger partial charge in [0.1, 0.15) is 5.76 Å². The first kappa shape index (κ1) is 12.8. The lowest BCUT2D eigenvalue weighted by Crippen LogP contribution is -2.25.